The SMILES string of the molecule is CCNC(CC(=O)O)c1cccc2cccnc12. The summed E-state index contributed by atoms with van der Waals surface area (Å²) >= 11 is 0. The number of pyridine rings is 1. The number of hydrogen-bond donors (Lipinski definition) is 2. The third kappa shape index (κ3) is 2.65. The Kier molecular flexibility index (Phi) is 3.89. The van der Waals surface area contributed by atoms with Crippen molar-refractivity contribution in [1.82, 2.24) is 10.3 Å². The Balaban J connectivity index is 2.46. The summed E-state index contributed by atoms with van der Waals surface area (Å²) in [5.41, 5.74) is 1.81. The van der Waals surface area contributed by atoms with E-state index in [0.29, 0.717) is 0 Å². The minimum atomic E-state index is -0.811. The molecule has 1 aromatic heterocycles. The van der Waals surface area contributed by atoms with Gasteiger partial charge in [0.1, 0.15) is 0 Å². The maximum absolute atomic E-state index is 10.9. The molecule has 0 bridgehead atoms. The first-order valence-corrected chi connectivity index (χ1v) is 6.01. The fraction of sp³-hybridized carbons (Fsp3) is 0.286. The van der Waals surface area contributed by atoms with Gasteiger partial charge in [-0.25, -0.2) is 0 Å². The summed E-state index contributed by atoms with van der Waals surface area (Å²) in [6.45, 7) is 2.69. The smallest absolute Gasteiger partial charge is 0.305 e. The number of aromatic nitrogens is 1. The number of nitrogens with zero attached hydrogens (tertiary/aromatic N) is 1. The number of carboxylic acid groups (broad SMARTS) is 1. The summed E-state index contributed by atoms with van der Waals surface area (Å²) < 4.78 is 0. The standard InChI is InChI=1S/C14H16N2O2/c1-2-15-12(9-13(17)18)11-7-3-5-10-6-4-8-16-14(10)11/h3-8,12,15H,2,9H2,1H3,(H,17,18). The summed E-state index contributed by atoms with van der Waals surface area (Å²) in [5, 5.41) is 13.2. The largest absolute Gasteiger partial charge is 0.481 e. The summed E-state index contributed by atoms with van der Waals surface area (Å²) in [4.78, 5) is 15.3. The van der Waals surface area contributed by atoms with Gasteiger partial charge >= 0.3 is 5.97 Å². The molecule has 0 radical (unpaired) electrons. The molecule has 0 saturated heterocycles. The fourth-order valence-electron chi connectivity index (χ4n) is 2.12. The molecule has 1 atom stereocenters. The van der Waals surface area contributed by atoms with Gasteiger partial charge in [0, 0.05) is 17.6 Å². The van der Waals surface area contributed by atoms with E-state index in [2.05, 4.69) is 10.3 Å². The van der Waals surface area contributed by atoms with Crippen LogP contribution in [0.2, 0.25) is 0 Å². The first kappa shape index (κ1) is 12.5. The van der Waals surface area contributed by atoms with E-state index in [9.17, 15) is 4.79 Å². The molecule has 0 spiro atoms. The van der Waals surface area contributed by atoms with Gasteiger partial charge in [0.05, 0.1) is 11.9 Å². The minimum absolute atomic E-state index is 0.0591. The number of fused-ring (bicyclic) bond motifs is 1. The lowest BCUT2D eigenvalue weighted by Crippen LogP contribution is -2.23. The van der Waals surface area contributed by atoms with Gasteiger partial charge in [0.15, 0.2) is 0 Å². The van der Waals surface area contributed by atoms with E-state index in [1.54, 1.807) is 6.20 Å². The molecule has 0 saturated carbocycles. The lowest BCUT2D eigenvalue weighted by molar-refractivity contribution is -0.137. The van der Waals surface area contributed by atoms with Gasteiger partial charge in [-0.05, 0) is 18.2 Å². The molecule has 0 aliphatic rings. The van der Waals surface area contributed by atoms with E-state index in [0.717, 1.165) is 23.0 Å². The highest BCUT2D eigenvalue weighted by molar-refractivity contribution is 5.82. The van der Waals surface area contributed by atoms with Crippen LogP contribution in [0.5, 0.6) is 0 Å². The van der Waals surface area contributed by atoms with Crippen LogP contribution in [0, 0.1) is 0 Å². The molecule has 94 valence electrons. The predicted molar refractivity (Wildman–Crippen MR) is 70.4 cm³/mol. The van der Waals surface area contributed by atoms with Crippen molar-refractivity contribution < 1.29 is 9.90 Å². The number of nitrogens with one attached hydrogen (secondary N) is 1. The number of carbonyl (C=O) groups is 1. The third-order valence-corrected chi connectivity index (χ3v) is 2.87. The number of aliphatic carboxylic acids is 1. The monoisotopic (exact) mass is 244 g/mol. The van der Waals surface area contributed by atoms with Crippen molar-refractivity contribution in [1.29, 1.82) is 0 Å². The van der Waals surface area contributed by atoms with E-state index in [4.69, 9.17) is 5.11 Å². The van der Waals surface area contributed by atoms with Crippen LogP contribution in [0.4, 0.5) is 0 Å². The number of carboxylic acids is 1. The zero-order valence-corrected chi connectivity index (χ0v) is 10.3. The third-order valence-electron chi connectivity index (χ3n) is 2.87. The molecule has 0 aliphatic carbocycles. The molecule has 0 amide bonds. The van der Waals surface area contributed by atoms with E-state index in [1.165, 1.54) is 0 Å². The lowest BCUT2D eigenvalue weighted by Gasteiger charge is -2.17. The van der Waals surface area contributed by atoms with Crippen molar-refractivity contribution in [3.8, 4) is 0 Å². The first-order valence-electron chi connectivity index (χ1n) is 6.01. The van der Waals surface area contributed by atoms with Gasteiger partial charge in [0.25, 0.3) is 0 Å². The van der Waals surface area contributed by atoms with Crippen LogP contribution in [0.1, 0.15) is 24.9 Å². The predicted octanol–water partition coefficient (Wildman–Crippen LogP) is 2.36. The number of benzene rings is 1. The first-order chi connectivity index (χ1) is 8.72. The normalized spacial score (nSPS) is 12.5. The van der Waals surface area contributed by atoms with Crippen LogP contribution in [-0.2, 0) is 4.79 Å². The van der Waals surface area contributed by atoms with E-state index < -0.39 is 5.97 Å². The molecule has 18 heavy (non-hydrogen) atoms. The van der Waals surface area contributed by atoms with E-state index in [1.807, 2.05) is 37.3 Å². The molecule has 4 nitrogen and oxygen atoms in total. The van der Waals surface area contributed by atoms with Crippen LogP contribution in [-0.4, -0.2) is 22.6 Å². The van der Waals surface area contributed by atoms with Gasteiger partial charge in [0.2, 0.25) is 0 Å². The van der Waals surface area contributed by atoms with Crippen molar-refractivity contribution in [3.63, 3.8) is 0 Å². The molecule has 1 heterocycles. The minimum Gasteiger partial charge on any atom is -0.481 e. The fourth-order valence-corrected chi connectivity index (χ4v) is 2.12. The van der Waals surface area contributed by atoms with Crippen LogP contribution < -0.4 is 5.32 Å². The molecule has 2 aromatic rings. The quantitative estimate of drug-likeness (QED) is 0.847. The highest BCUT2D eigenvalue weighted by Crippen LogP contribution is 2.24. The molecule has 4 heteroatoms. The van der Waals surface area contributed by atoms with Crippen LogP contribution in [0.3, 0.4) is 0 Å². The van der Waals surface area contributed by atoms with Crippen LogP contribution >= 0.6 is 0 Å². The van der Waals surface area contributed by atoms with Gasteiger partial charge in [-0.1, -0.05) is 31.2 Å². The molecule has 2 N–H and O–H groups in total. The molecular weight excluding hydrogens is 228 g/mol. The Morgan fingerprint density at radius 2 is 2.17 bits per heavy atom. The highest BCUT2D eigenvalue weighted by Gasteiger charge is 2.17. The summed E-state index contributed by atoms with van der Waals surface area (Å²) in [6, 6.07) is 9.51. The zero-order chi connectivity index (χ0) is 13.0. The maximum atomic E-state index is 10.9. The van der Waals surface area contributed by atoms with Crippen molar-refractivity contribution in [2.45, 2.75) is 19.4 Å². The highest BCUT2D eigenvalue weighted by atomic mass is 16.4. The second-order valence-electron chi connectivity index (χ2n) is 4.13. The summed E-state index contributed by atoms with van der Waals surface area (Å²) in [6.07, 6.45) is 1.79. The van der Waals surface area contributed by atoms with Crippen molar-refractivity contribution in [2.75, 3.05) is 6.54 Å². The average molecular weight is 244 g/mol. The summed E-state index contributed by atoms with van der Waals surface area (Å²) in [7, 11) is 0. The van der Waals surface area contributed by atoms with Crippen molar-refractivity contribution in [2.24, 2.45) is 0 Å². The Hall–Kier alpha value is -1.94. The van der Waals surface area contributed by atoms with Crippen molar-refractivity contribution in [3.05, 3.63) is 42.1 Å². The number of para-hydroxylation sites is 1. The summed E-state index contributed by atoms with van der Waals surface area (Å²) in [5.74, 6) is -0.811. The van der Waals surface area contributed by atoms with E-state index >= 15 is 0 Å². The molecule has 1 aromatic carbocycles. The van der Waals surface area contributed by atoms with Crippen LogP contribution in [0.15, 0.2) is 36.5 Å². The molecular formula is C14H16N2O2. The Morgan fingerprint density at radius 1 is 1.39 bits per heavy atom. The van der Waals surface area contributed by atoms with Gasteiger partial charge in [-0.2, -0.15) is 0 Å². The maximum Gasteiger partial charge on any atom is 0.305 e. The second-order valence-corrected chi connectivity index (χ2v) is 4.13. The topological polar surface area (TPSA) is 62.2 Å². The van der Waals surface area contributed by atoms with E-state index in [-0.39, 0.29) is 12.5 Å². The number of hydrogen-bond acceptors (Lipinski definition) is 3. The second kappa shape index (κ2) is 5.60. The molecule has 2 rings (SSSR count). The van der Waals surface area contributed by atoms with Gasteiger partial charge < -0.3 is 10.4 Å². The molecule has 0 aliphatic heterocycles. The zero-order valence-electron chi connectivity index (χ0n) is 10.3. The Labute approximate surface area is 106 Å². The van der Waals surface area contributed by atoms with Gasteiger partial charge in [-0.15, -0.1) is 0 Å². The average Bonchev–Trinajstić information content (AvgIpc) is 2.37. The molecule has 1 unspecified atom stereocenters. The van der Waals surface area contributed by atoms with Crippen molar-refractivity contribution >= 4 is 16.9 Å². The Morgan fingerprint density at radius 3 is 2.89 bits per heavy atom. The number of rotatable bonds is 5. The lowest BCUT2D eigenvalue weighted by atomic mass is 10.00. The molecule has 0 fully saturated rings. The van der Waals surface area contributed by atoms with Crippen LogP contribution in [0.25, 0.3) is 10.9 Å². The Bertz CT molecular complexity index is 549. The van der Waals surface area contributed by atoms with Gasteiger partial charge in [-0.3, -0.25) is 9.78 Å².